The van der Waals surface area contributed by atoms with E-state index in [2.05, 4.69) is 0 Å². The topological polar surface area (TPSA) is 60.4 Å². The molecule has 3 rings (SSSR count). The third-order valence-electron chi connectivity index (χ3n) is 4.63. The quantitative estimate of drug-likeness (QED) is 0.800. The molecular formula is C17H22O4S. The van der Waals surface area contributed by atoms with Gasteiger partial charge in [0.25, 0.3) is 0 Å². The predicted octanol–water partition coefficient (Wildman–Crippen LogP) is 2.68. The molecule has 1 aromatic carbocycles. The third-order valence-corrected chi connectivity index (χ3v) is 6.44. The summed E-state index contributed by atoms with van der Waals surface area (Å²) in [5.74, 6) is -0.137. The average Bonchev–Trinajstić information content (AvgIpc) is 3.07. The van der Waals surface area contributed by atoms with Gasteiger partial charge in [-0.1, -0.05) is 19.1 Å². The molecule has 0 radical (unpaired) electrons. The molecule has 4 nitrogen and oxygen atoms in total. The van der Waals surface area contributed by atoms with Crippen LogP contribution in [0.25, 0.3) is 0 Å². The number of aryl methyl sites for hydroxylation is 1. The van der Waals surface area contributed by atoms with E-state index in [9.17, 15) is 13.2 Å². The number of hydrogen-bond acceptors (Lipinski definition) is 4. The summed E-state index contributed by atoms with van der Waals surface area (Å²) in [7, 11) is -3.07. The normalized spacial score (nSPS) is 21.5. The maximum atomic E-state index is 12.1. The van der Waals surface area contributed by atoms with Gasteiger partial charge in [0.1, 0.15) is 6.10 Å². The van der Waals surface area contributed by atoms with Crippen LogP contribution in [-0.4, -0.2) is 26.2 Å². The highest BCUT2D eigenvalue weighted by molar-refractivity contribution is 7.91. The predicted molar refractivity (Wildman–Crippen MR) is 83.4 cm³/mol. The fraction of sp³-hybridized carbons (Fsp3) is 0.588. The average molecular weight is 322 g/mol. The van der Waals surface area contributed by atoms with Crippen LogP contribution >= 0.6 is 0 Å². The van der Waals surface area contributed by atoms with E-state index >= 15 is 0 Å². The second-order valence-electron chi connectivity index (χ2n) is 6.46. The molecule has 0 bridgehead atoms. The van der Waals surface area contributed by atoms with Crippen molar-refractivity contribution in [2.24, 2.45) is 5.92 Å². The lowest BCUT2D eigenvalue weighted by Crippen LogP contribution is -2.22. The Hall–Kier alpha value is -1.36. The first-order valence-electron chi connectivity index (χ1n) is 8.01. The van der Waals surface area contributed by atoms with E-state index in [0.29, 0.717) is 17.7 Å². The van der Waals surface area contributed by atoms with E-state index in [-0.39, 0.29) is 23.7 Å². The number of rotatable bonds is 4. The summed E-state index contributed by atoms with van der Waals surface area (Å²) in [6.45, 7) is 1.88. The van der Waals surface area contributed by atoms with Crippen molar-refractivity contribution in [2.45, 2.75) is 56.4 Å². The number of carbonyl (C=O) groups is 1. The van der Waals surface area contributed by atoms with Gasteiger partial charge in [-0.3, -0.25) is 4.79 Å². The molecule has 1 aliphatic carbocycles. The highest BCUT2D eigenvalue weighted by Gasteiger charge is 2.27. The highest BCUT2D eigenvalue weighted by atomic mass is 32.2. The summed E-state index contributed by atoms with van der Waals surface area (Å²) in [6.07, 6.45) is 5.52. The molecule has 5 heteroatoms. The first-order chi connectivity index (χ1) is 10.5. The number of ether oxygens (including phenoxy) is 1. The minimum atomic E-state index is -3.07. The van der Waals surface area contributed by atoms with Gasteiger partial charge in [-0.2, -0.15) is 0 Å². The van der Waals surface area contributed by atoms with Gasteiger partial charge in [0.15, 0.2) is 9.84 Å². The zero-order chi connectivity index (χ0) is 15.7. The van der Waals surface area contributed by atoms with Crippen LogP contribution in [0.3, 0.4) is 0 Å². The van der Waals surface area contributed by atoms with Crippen LogP contribution in [-0.2, 0) is 32.2 Å². The summed E-state index contributed by atoms with van der Waals surface area (Å²) in [6, 6.07) is 5.43. The van der Waals surface area contributed by atoms with Crippen molar-refractivity contribution in [2.75, 3.05) is 5.75 Å². The Balaban J connectivity index is 1.64. The Kier molecular flexibility index (Phi) is 4.26. The molecular weight excluding hydrogens is 300 g/mol. The van der Waals surface area contributed by atoms with Crippen LogP contribution in [0.5, 0.6) is 0 Å². The summed E-state index contributed by atoms with van der Waals surface area (Å²) in [5.41, 5.74) is 1.89. The maximum absolute atomic E-state index is 12.1. The van der Waals surface area contributed by atoms with E-state index in [1.165, 1.54) is 0 Å². The smallest absolute Gasteiger partial charge is 0.309 e. The van der Waals surface area contributed by atoms with Gasteiger partial charge in [-0.15, -0.1) is 0 Å². The van der Waals surface area contributed by atoms with E-state index in [1.807, 2.05) is 19.1 Å². The number of fused-ring (bicyclic) bond motifs is 1. The lowest BCUT2D eigenvalue weighted by atomic mass is 9.99. The van der Waals surface area contributed by atoms with E-state index in [4.69, 9.17) is 4.74 Å². The molecule has 0 saturated heterocycles. The minimum absolute atomic E-state index is 0.0973. The van der Waals surface area contributed by atoms with Crippen molar-refractivity contribution in [1.29, 1.82) is 0 Å². The molecule has 0 aromatic heterocycles. The van der Waals surface area contributed by atoms with Crippen LogP contribution in [0.1, 0.15) is 43.7 Å². The molecule has 1 fully saturated rings. The zero-order valence-corrected chi connectivity index (χ0v) is 13.7. The minimum Gasteiger partial charge on any atom is -0.462 e. The molecule has 0 amide bonds. The summed E-state index contributed by atoms with van der Waals surface area (Å²) < 4.78 is 29.2. The molecule has 1 aromatic rings. The summed E-state index contributed by atoms with van der Waals surface area (Å²) in [4.78, 5) is 12.6. The van der Waals surface area contributed by atoms with E-state index in [0.717, 1.165) is 36.8 Å². The number of benzene rings is 1. The van der Waals surface area contributed by atoms with Crippen molar-refractivity contribution < 1.29 is 17.9 Å². The highest BCUT2D eigenvalue weighted by Crippen LogP contribution is 2.28. The third kappa shape index (κ3) is 3.19. The van der Waals surface area contributed by atoms with Crippen molar-refractivity contribution in [1.82, 2.24) is 0 Å². The van der Waals surface area contributed by atoms with Gasteiger partial charge in [0.2, 0.25) is 0 Å². The monoisotopic (exact) mass is 322 g/mol. The molecule has 0 N–H and O–H groups in total. The van der Waals surface area contributed by atoms with Gasteiger partial charge in [0.05, 0.1) is 16.6 Å². The second kappa shape index (κ2) is 6.03. The zero-order valence-electron chi connectivity index (χ0n) is 12.9. The van der Waals surface area contributed by atoms with Crippen molar-refractivity contribution >= 4 is 15.8 Å². The molecule has 1 aliphatic heterocycles. The number of carbonyl (C=O) groups excluding carboxylic acids is 1. The van der Waals surface area contributed by atoms with Crippen molar-refractivity contribution in [3.8, 4) is 0 Å². The SMILES string of the molecule is CC(Cc1ccc2c(c1)CCS2(=O)=O)C(=O)OC1CCCC1. The van der Waals surface area contributed by atoms with Gasteiger partial charge in [-0.05, 0) is 55.7 Å². The first kappa shape index (κ1) is 15.5. The Morgan fingerprint density at radius 3 is 2.77 bits per heavy atom. The van der Waals surface area contributed by atoms with E-state index < -0.39 is 9.84 Å². The van der Waals surface area contributed by atoms with E-state index in [1.54, 1.807) is 6.07 Å². The van der Waals surface area contributed by atoms with Crippen LogP contribution < -0.4 is 0 Å². The van der Waals surface area contributed by atoms with Gasteiger partial charge >= 0.3 is 5.97 Å². The molecule has 1 atom stereocenters. The lowest BCUT2D eigenvalue weighted by Gasteiger charge is -2.16. The number of sulfone groups is 1. The molecule has 1 unspecified atom stereocenters. The molecule has 0 spiro atoms. The fourth-order valence-corrected chi connectivity index (χ4v) is 4.88. The van der Waals surface area contributed by atoms with Crippen LogP contribution in [0.15, 0.2) is 23.1 Å². The summed E-state index contributed by atoms with van der Waals surface area (Å²) in [5, 5.41) is 0. The maximum Gasteiger partial charge on any atom is 0.309 e. The standard InChI is InChI=1S/C17H22O4S/c1-12(17(18)21-15-4-2-3-5-15)10-13-6-7-16-14(11-13)8-9-22(16,19)20/h6-7,11-12,15H,2-5,8-10H2,1H3. The molecule has 120 valence electrons. The Bertz CT molecular complexity index is 672. The largest absolute Gasteiger partial charge is 0.462 e. The number of hydrogen-bond donors (Lipinski definition) is 0. The van der Waals surface area contributed by atoms with Crippen molar-refractivity contribution in [3.05, 3.63) is 29.3 Å². The lowest BCUT2D eigenvalue weighted by molar-refractivity contribution is -0.153. The Morgan fingerprint density at radius 1 is 1.32 bits per heavy atom. The van der Waals surface area contributed by atoms with Gasteiger partial charge in [-0.25, -0.2) is 8.42 Å². The first-order valence-corrected chi connectivity index (χ1v) is 9.66. The fourth-order valence-electron chi connectivity index (χ4n) is 3.34. The summed E-state index contributed by atoms with van der Waals surface area (Å²) >= 11 is 0. The van der Waals surface area contributed by atoms with Crippen LogP contribution in [0.4, 0.5) is 0 Å². The van der Waals surface area contributed by atoms with Crippen LogP contribution in [0, 0.1) is 5.92 Å². The number of esters is 1. The Morgan fingerprint density at radius 2 is 2.05 bits per heavy atom. The van der Waals surface area contributed by atoms with Crippen molar-refractivity contribution in [3.63, 3.8) is 0 Å². The molecule has 2 aliphatic rings. The van der Waals surface area contributed by atoms with Gasteiger partial charge in [0, 0.05) is 0 Å². The van der Waals surface area contributed by atoms with Crippen LogP contribution in [0.2, 0.25) is 0 Å². The van der Waals surface area contributed by atoms with Gasteiger partial charge < -0.3 is 4.74 Å². The molecule has 22 heavy (non-hydrogen) atoms. The molecule has 1 saturated carbocycles. The Labute approximate surface area is 131 Å². The second-order valence-corrected chi connectivity index (χ2v) is 8.54. The molecule has 1 heterocycles.